The Balaban J connectivity index is 1.92. The predicted octanol–water partition coefficient (Wildman–Crippen LogP) is 3.06. The molecule has 1 aliphatic rings. The molecule has 21 heavy (non-hydrogen) atoms. The molecule has 0 saturated heterocycles. The predicted molar refractivity (Wildman–Crippen MR) is 87.0 cm³/mol. The number of nitrogens with zero attached hydrogens (tertiary/aromatic N) is 3. The summed E-state index contributed by atoms with van der Waals surface area (Å²) in [5.74, 6) is 1.17. The molecule has 3 rings (SSSR count). The monoisotopic (exact) mass is 284 g/mol. The van der Waals surface area contributed by atoms with Gasteiger partial charge in [-0.2, -0.15) is 5.10 Å². The molecule has 4 heteroatoms. The van der Waals surface area contributed by atoms with E-state index in [0.717, 1.165) is 12.2 Å². The third-order valence-electron chi connectivity index (χ3n) is 4.16. The van der Waals surface area contributed by atoms with Gasteiger partial charge in [-0.25, -0.2) is 0 Å². The van der Waals surface area contributed by atoms with E-state index in [-0.39, 0.29) is 0 Å². The molecule has 1 aliphatic carbocycles. The Morgan fingerprint density at radius 1 is 1.33 bits per heavy atom. The molecular weight excluding hydrogens is 260 g/mol. The molecule has 0 aliphatic heterocycles. The molecule has 0 unspecified atom stereocenters. The minimum absolute atomic E-state index is 0.710. The van der Waals surface area contributed by atoms with Crippen molar-refractivity contribution in [2.24, 2.45) is 7.05 Å². The van der Waals surface area contributed by atoms with Crippen molar-refractivity contribution in [3.8, 4) is 0 Å². The van der Waals surface area contributed by atoms with Gasteiger partial charge in [-0.3, -0.25) is 4.68 Å². The van der Waals surface area contributed by atoms with Crippen LogP contribution in [0.1, 0.15) is 29.7 Å². The maximum Gasteiger partial charge on any atom is 0.135 e. The maximum absolute atomic E-state index is 4.61. The van der Waals surface area contributed by atoms with Gasteiger partial charge in [-0.1, -0.05) is 12.1 Å². The van der Waals surface area contributed by atoms with Crippen LogP contribution in [0, 0.1) is 13.8 Å². The molecule has 0 bridgehead atoms. The van der Waals surface area contributed by atoms with Gasteiger partial charge in [0.1, 0.15) is 5.82 Å². The Labute approximate surface area is 126 Å². The first-order valence-corrected chi connectivity index (χ1v) is 7.62. The summed E-state index contributed by atoms with van der Waals surface area (Å²) in [6.07, 6.45) is 2.62. The van der Waals surface area contributed by atoms with Crippen LogP contribution in [0.25, 0.3) is 0 Å². The highest BCUT2D eigenvalue weighted by Gasteiger charge is 2.23. The van der Waals surface area contributed by atoms with Crippen molar-refractivity contribution in [2.45, 2.75) is 39.3 Å². The second-order valence-electron chi connectivity index (χ2n) is 6.06. The normalized spacial score (nSPS) is 14.5. The summed E-state index contributed by atoms with van der Waals surface area (Å²) in [4.78, 5) is 2.23. The fraction of sp³-hybridized carbons (Fsp3) is 0.471. The van der Waals surface area contributed by atoms with Gasteiger partial charge in [0, 0.05) is 37.9 Å². The molecule has 1 saturated carbocycles. The minimum atomic E-state index is 0.710. The first-order valence-electron chi connectivity index (χ1n) is 7.62. The van der Waals surface area contributed by atoms with Crippen molar-refractivity contribution in [1.29, 1.82) is 0 Å². The van der Waals surface area contributed by atoms with Gasteiger partial charge < -0.3 is 10.2 Å². The van der Waals surface area contributed by atoms with E-state index >= 15 is 0 Å². The van der Waals surface area contributed by atoms with E-state index in [0.29, 0.717) is 6.04 Å². The molecule has 0 radical (unpaired) electrons. The van der Waals surface area contributed by atoms with E-state index in [1.54, 1.807) is 0 Å². The van der Waals surface area contributed by atoms with Crippen molar-refractivity contribution < 1.29 is 0 Å². The van der Waals surface area contributed by atoms with Crippen molar-refractivity contribution in [1.82, 2.24) is 15.1 Å². The van der Waals surface area contributed by atoms with Crippen LogP contribution < -0.4 is 10.2 Å². The first kappa shape index (κ1) is 14.1. The first-order chi connectivity index (χ1) is 10.1. The zero-order valence-corrected chi connectivity index (χ0v) is 13.3. The Morgan fingerprint density at radius 2 is 2.10 bits per heavy atom. The topological polar surface area (TPSA) is 33.1 Å². The lowest BCUT2D eigenvalue weighted by Crippen LogP contribution is -2.20. The van der Waals surface area contributed by atoms with Gasteiger partial charge in [-0.15, -0.1) is 0 Å². The standard InChI is InChI=1S/C17H24N4/c1-12-6-5-7-15(10-12)20(3)17-16(11-18-14-8-9-14)13(2)19-21(17)4/h5-7,10,14,18H,8-9,11H2,1-4H3. The SMILES string of the molecule is Cc1cccc(N(C)c2c(CNC3CC3)c(C)nn2C)c1. The average Bonchev–Trinajstić information content (AvgIpc) is 3.22. The van der Waals surface area contributed by atoms with E-state index < -0.39 is 0 Å². The second kappa shape index (κ2) is 5.53. The van der Waals surface area contributed by atoms with Gasteiger partial charge in [0.15, 0.2) is 0 Å². The highest BCUT2D eigenvalue weighted by Crippen LogP contribution is 2.30. The van der Waals surface area contributed by atoms with Crippen LogP contribution in [-0.4, -0.2) is 22.9 Å². The largest absolute Gasteiger partial charge is 0.329 e. The molecule has 1 aromatic carbocycles. The molecule has 1 N–H and O–H groups in total. The molecule has 1 aromatic heterocycles. The van der Waals surface area contributed by atoms with E-state index in [1.165, 1.54) is 35.5 Å². The smallest absolute Gasteiger partial charge is 0.135 e. The Hall–Kier alpha value is -1.81. The molecule has 0 spiro atoms. The Bertz CT molecular complexity index is 640. The van der Waals surface area contributed by atoms with Gasteiger partial charge in [-0.05, 0) is 44.4 Å². The summed E-state index contributed by atoms with van der Waals surface area (Å²) in [5, 5.41) is 8.22. The quantitative estimate of drug-likeness (QED) is 0.916. The molecule has 112 valence electrons. The molecule has 0 amide bonds. The third-order valence-corrected chi connectivity index (χ3v) is 4.16. The van der Waals surface area contributed by atoms with E-state index in [9.17, 15) is 0 Å². The number of hydrogen-bond acceptors (Lipinski definition) is 3. The van der Waals surface area contributed by atoms with Crippen molar-refractivity contribution in [3.05, 3.63) is 41.1 Å². The van der Waals surface area contributed by atoms with Crippen LogP contribution >= 0.6 is 0 Å². The number of anilines is 2. The van der Waals surface area contributed by atoms with Gasteiger partial charge in [0.2, 0.25) is 0 Å². The lowest BCUT2D eigenvalue weighted by atomic mass is 10.2. The summed E-state index contributed by atoms with van der Waals surface area (Å²) < 4.78 is 1.99. The number of rotatable bonds is 5. The highest BCUT2D eigenvalue weighted by molar-refractivity contribution is 5.64. The summed E-state index contributed by atoms with van der Waals surface area (Å²) >= 11 is 0. The van der Waals surface area contributed by atoms with Crippen LogP contribution in [0.4, 0.5) is 11.5 Å². The number of hydrogen-bond donors (Lipinski definition) is 1. The zero-order valence-electron chi connectivity index (χ0n) is 13.3. The van der Waals surface area contributed by atoms with E-state index in [1.807, 2.05) is 11.7 Å². The zero-order chi connectivity index (χ0) is 15.0. The summed E-state index contributed by atoms with van der Waals surface area (Å²) in [6.45, 7) is 5.12. The Morgan fingerprint density at radius 3 is 2.76 bits per heavy atom. The maximum atomic E-state index is 4.61. The van der Waals surface area contributed by atoms with Crippen molar-refractivity contribution in [3.63, 3.8) is 0 Å². The van der Waals surface area contributed by atoms with Crippen molar-refractivity contribution >= 4 is 11.5 Å². The van der Waals surface area contributed by atoms with Gasteiger partial charge >= 0.3 is 0 Å². The van der Waals surface area contributed by atoms with E-state index in [4.69, 9.17) is 0 Å². The van der Waals surface area contributed by atoms with Gasteiger partial charge in [0.05, 0.1) is 5.69 Å². The molecule has 0 atom stereocenters. The Kier molecular flexibility index (Phi) is 3.72. The number of aromatic nitrogens is 2. The van der Waals surface area contributed by atoms with Crippen LogP contribution in [-0.2, 0) is 13.6 Å². The fourth-order valence-corrected chi connectivity index (χ4v) is 2.81. The summed E-state index contributed by atoms with van der Waals surface area (Å²) in [5.41, 5.74) is 4.88. The summed E-state index contributed by atoms with van der Waals surface area (Å²) in [7, 11) is 4.14. The second-order valence-corrected chi connectivity index (χ2v) is 6.06. The lowest BCUT2D eigenvalue weighted by Gasteiger charge is -2.22. The molecular formula is C17H24N4. The molecule has 2 aromatic rings. The number of benzene rings is 1. The fourth-order valence-electron chi connectivity index (χ4n) is 2.81. The van der Waals surface area contributed by atoms with Crippen LogP contribution in [0.5, 0.6) is 0 Å². The summed E-state index contributed by atoms with van der Waals surface area (Å²) in [6, 6.07) is 9.30. The third kappa shape index (κ3) is 2.95. The van der Waals surface area contributed by atoms with Gasteiger partial charge in [0.25, 0.3) is 0 Å². The van der Waals surface area contributed by atoms with E-state index in [2.05, 4.69) is 60.5 Å². The lowest BCUT2D eigenvalue weighted by molar-refractivity contribution is 0.684. The van der Waals surface area contributed by atoms with Crippen molar-refractivity contribution in [2.75, 3.05) is 11.9 Å². The van der Waals surface area contributed by atoms with Crippen LogP contribution in [0.2, 0.25) is 0 Å². The van der Waals surface area contributed by atoms with Crippen LogP contribution in [0.3, 0.4) is 0 Å². The van der Waals surface area contributed by atoms with Crippen LogP contribution in [0.15, 0.2) is 24.3 Å². The molecule has 1 heterocycles. The highest BCUT2D eigenvalue weighted by atomic mass is 15.4. The molecule has 1 fully saturated rings. The number of aryl methyl sites for hydroxylation is 3. The average molecular weight is 284 g/mol. The molecule has 4 nitrogen and oxygen atoms in total. The minimum Gasteiger partial charge on any atom is -0.329 e. The number of nitrogens with one attached hydrogen (secondary N) is 1.